The molecule has 0 heterocycles. The highest BCUT2D eigenvalue weighted by molar-refractivity contribution is 9.10. The summed E-state index contributed by atoms with van der Waals surface area (Å²) in [5.41, 5.74) is 1.08. The van der Waals surface area contributed by atoms with E-state index < -0.39 is 12.1 Å². The average Bonchev–Trinajstić information content (AvgIpc) is 2.11. The quantitative estimate of drug-likeness (QED) is 0.907. The molecule has 0 aliphatic heterocycles. The molecule has 0 radical (unpaired) electrons. The number of halogens is 1. The van der Waals surface area contributed by atoms with Crippen LogP contribution >= 0.6 is 15.9 Å². The molecule has 0 aliphatic rings. The zero-order valence-electron chi connectivity index (χ0n) is 7.95. The summed E-state index contributed by atoms with van der Waals surface area (Å²) in [4.78, 5) is 10.5. The second-order valence-electron chi connectivity index (χ2n) is 3.01. The van der Waals surface area contributed by atoms with Crippen LogP contribution in [-0.2, 0) is 4.79 Å². The molecule has 0 spiro atoms. The third-order valence-corrected chi connectivity index (χ3v) is 2.66. The third-order valence-electron chi connectivity index (χ3n) is 1.80. The fourth-order valence-electron chi connectivity index (χ4n) is 0.901. The van der Waals surface area contributed by atoms with Crippen molar-refractivity contribution in [3.8, 4) is 5.75 Å². The Balaban J connectivity index is 2.78. The smallest absolute Gasteiger partial charge is 0.344 e. The number of ether oxygens (including phenoxy) is 1. The van der Waals surface area contributed by atoms with Crippen LogP contribution in [0.3, 0.4) is 0 Å². The topological polar surface area (TPSA) is 46.5 Å². The Morgan fingerprint density at radius 3 is 2.71 bits per heavy atom. The lowest BCUT2D eigenvalue weighted by Gasteiger charge is -2.10. The normalized spacial score (nSPS) is 12.2. The molecular weight excluding hydrogens is 248 g/mol. The van der Waals surface area contributed by atoms with E-state index in [0.29, 0.717) is 5.75 Å². The van der Waals surface area contributed by atoms with Gasteiger partial charge in [-0.1, -0.05) is 22.0 Å². The van der Waals surface area contributed by atoms with Gasteiger partial charge in [0, 0.05) is 4.47 Å². The number of rotatable bonds is 3. The van der Waals surface area contributed by atoms with Crippen LogP contribution in [0, 0.1) is 6.92 Å². The standard InChI is InChI=1S/C10H11BrO3/c1-6-3-4-8(5-9(6)11)14-7(2)10(12)13/h3-5,7H,1-2H3,(H,12,13). The van der Waals surface area contributed by atoms with Crippen LogP contribution in [0.4, 0.5) is 0 Å². The van der Waals surface area contributed by atoms with Gasteiger partial charge in [-0.3, -0.25) is 0 Å². The first-order valence-corrected chi connectivity index (χ1v) is 4.95. The van der Waals surface area contributed by atoms with Crippen molar-refractivity contribution < 1.29 is 14.6 Å². The molecule has 0 saturated heterocycles. The molecule has 14 heavy (non-hydrogen) atoms. The number of carboxylic acid groups (broad SMARTS) is 1. The molecule has 0 fully saturated rings. The van der Waals surface area contributed by atoms with Gasteiger partial charge in [0.2, 0.25) is 0 Å². The molecule has 0 aliphatic carbocycles. The third kappa shape index (κ3) is 2.73. The van der Waals surface area contributed by atoms with Crippen molar-refractivity contribution >= 4 is 21.9 Å². The fraction of sp³-hybridized carbons (Fsp3) is 0.300. The number of carboxylic acids is 1. The second kappa shape index (κ2) is 4.46. The van der Waals surface area contributed by atoms with Crippen LogP contribution in [0.2, 0.25) is 0 Å². The predicted molar refractivity (Wildman–Crippen MR) is 56.6 cm³/mol. The molecule has 4 heteroatoms. The molecular formula is C10H11BrO3. The van der Waals surface area contributed by atoms with Gasteiger partial charge < -0.3 is 9.84 Å². The van der Waals surface area contributed by atoms with E-state index in [-0.39, 0.29) is 0 Å². The van der Waals surface area contributed by atoms with Gasteiger partial charge >= 0.3 is 5.97 Å². The molecule has 1 aromatic rings. The monoisotopic (exact) mass is 258 g/mol. The molecule has 1 rings (SSSR count). The predicted octanol–water partition coefficient (Wildman–Crippen LogP) is 2.61. The molecule has 1 atom stereocenters. The van der Waals surface area contributed by atoms with Crippen LogP contribution in [0.5, 0.6) is 5.75 Å². The van der Waals surface area contributed by atoms with Crippen molar-refractivity contribution in [3.63, 3.8) is 0 Å². The van der Waals surface area contributed by atoms with Gasteiger partial charge in [0.25, 0.3) is 0 Å². The first kappa shape index (κ1) is 11.0. The Labute approximate surface area is 90.8 Å². The van der Waals surface area contributed by atoms with E-state index >= 15 is 0 Å². The van der Waals surface area contributed by atoms with Crippen LogP contribution in [-0.4, -0.2) is 17.2 Å². The van der Waals surface area contributed by atoms with E-state index in [4.69, 9.17) is 9.84 Å². The molecule has 1 N–H and O–H groups in total. The Bertz CT molecular complexity index is 349. The van der Waals surface area contributed by atoms with Crippen LogP contribution in [0.1, 0.15) is 12.5 Å². The van der Waals surface area contributed by atoms with Gasteiger partial charge in [-0.25, -0.2) is 4.79 Å². The minimum absolute atomic E-state index is 0.553. The summed E-state index contributed by atoms with van der Waals surface area (Å²) >= 11 is 3.35. The molecule has 0 saturated carbocycles. The number of aryl methyl sites for hydroxylation is 1. The number of benzene rings is 1. The van der Waals surface area contributed by atoms with Crippen LogP contribution in [0.15, 0.2) is 22.7 Å². The maximum absolute atomic E-state index is 10.5. The fourth-order valence-corrected chi connectivity index (χ4v) is 1.26. The molecule has 3 nitrogen and oxygen atoms in total. The van der Waals surface area contributed by atoms with Crippen molar-refractivity contribution in [2.45, 2.75) is 20.0 Å². The zero-order valence-corrected chi connectivity index (χ0v) is 9.54. The number of hydrogen-bond acceptors (Lipinski definition) is 2. The first-order chi connectivity index (χ1) is 6.50. The van der Waals surface area contributed by atoms with E-state index in [1.807, 2.05) is 13.0 Å². The van der Waals surface area contributed by atoms with Crippen LogP contribution < -0.4 is 4.74 Å². The second-order valence-corrected chi connectivity index (χ2v) is 3.86. The maximum atomic E-state index is 10.5. The summed E-state index contributed by atoms with van der Waals surface area (Å²) in [6, 6.07) is 5.38. The number of carbonyl (C=O) groups is 1. The summed E-state index contributed by atoms with van der Waals surface area (Å²) in [7, 11) is 0. The summed E-state index contributed by atoms with van der Waals surface area (Å²) in [6.07, 6.45) is -0.829. The van der Waals surface area contributed by atoms with Crippen molar-refractivity contribution in [2.24, 2.45) is 0 Å². The number of aliphatic carboxylic acids is 1. The Morgan fingerprint density at radius 2 is 2.21 bits per heavy atom. The van der Waals surface area contributed by atoms with E-state index in [2.05, 4.69) is 15.9 Å². The van der Waals surface area contributed by atoms with Crippen molar-refractivity contribution in [1.29, 1.82) is 0 Å². The summed E-state index contributed by atoms with van der Waals surface area (Å²) in [5.74, 6) is -0.418. The van der Waals surface area contributed by atoms with Gasteiger partial charge in [0.05, 0.1) is 0 Å². The van der Waals surface area contributed by atoms with Crippen molar-refractivity contribution in [1.82, 2.24) is 0 Å². The van der Waals surface area contributed by atoms with Gasteiger partial charge in [0.15, 0.2) is 6.10 Å². The molecule has 0 aromatic heterocycles. The lowest BCUT2D eigenvalue weighted by Crippen LogP contribution is -2.22. The lowest BCUT2D eigenvalue weighted by atomic mass is 10.2. The van der Waals surface area contributed by atoms with Gasteiger partial charge in [0.1, 0.15) is 5.75 Å². The highest BCUT2D eigenvalue weighted by atomic mass is 79.9. The number of hydrogen-bond donors (Lipinski definition) is 1. The van der Waals surface area contributed by atoms with Gasteiger partial charge in [-0.05, 0) is 31.5 Å². The zero-order chi connectivity index (χ0) is 10.7. The van der Waals surface area contributed by atoms with Crippen LogP contribution in [0.25, 0.3) is 0 Å². The van der Waals surface area contributed by atoms with E-state index in [1.165, 1.54) is 6.92 Å². The van der Waals surface area contributed by atoms with E-state index in [9.17, 15) is 4.79 Å². The Kier molecular flexibility index (Phi) is 3.52. The Hall–Kier alpha value is -1.03. The average molecular weight is 259 g/mol. The van der Waals surface area contributed by atoms with Crippen molar-refractivity contribution in [2.75, 3.05) is 0 Å². The van der Waals surface area contributed by atoms with Crippen molar-refractivity contribution in [3.05, 3.63) is 28.2 Å². The van der Waals surface area contributed by atoms with E-state index in [0.717, 1.165) is 10.0 Å². The highest BCUT2D eigenvalue weighted by Gasteiger charge is 2.12. The maximum Gasteiger partial charge on any atom is 0.344 e. The van der Waals surface area contributed by atoms with E-state index in [1.54, 1.807) is 12.1 Å². The molecule has 1 unspecified atom stereocenters. The Morgan fingerprint density at radius 1 is 1.57 bits per heavy atom. The summed E-state index contributed by atoms with van der Waals surface area (Å²) < 4.78 is 6.09. The highest BCUT2D eigenvalue weighted by Crippen LogP contribution is 2.22. The minimum atomic E-state index is -0.971. The SMILES string of the molecule is Cc1ccc(OC(C)C(=O)O)cc1Br. The van der Waals surface area contributed by atoms with Gasteiger partial charge in [-0.15, -0.1) is 0 Å². The molecule has 0 bridgehead atoms. The lowest BCUT2D eigenvalue weighted by molar-refractivity contribution is -0.144. The molecule has 1 aromatic carbocycles. The summed E-state index contributed by atoms with van der Waals surface area (Å²) in [5, 5.41) is 8.63. The minimum Gasteiger partial charge on any atom is -0.479 e. The van der Waals surface area contributed by atoms with Gasteiger partial charge in [-0.2, -0.15) is 0 Å². The largest absolute Gasteiger partial charge is 0.479 e. The molecule has 0 amide bonds. The first-order valence-electron chi connectivity index (χ1n) is 4.16. The summed E-state index contributed by atoms with van der Waals surface area (Å²) in [6.45, 7) is 3.45. The molecule has 76 valence electrons.